The molecule has 0 saturated carbocycles. The summed E-state index contributed by atoms with van der Waals surface area (Å²) in [6, 6.07) is 77.0. The fourth-order valence-corrected chi connectivity index (χ4v) is 13.2. The molecule has 0 atom stereocenters. The highest BCUT2D eigenvalue weighted by molar-refractivity contribution is 7.26. The van der Waals surface area contributed by atoms with Gasteiger partial charge < -0.3 is 9.13 Å². The van der Waals surface area contributed by atoms with Gasteiger partial charge in [0.25, 0.3) is 0 Å². The lowest BCUT2D eigenvalue weighted by Crippen LogP contribution is -1.94. The van der Waals surface area contributed by atoms with Crippen LogP contribution in [-0.4, -0.2) is 9.13 Å². The number of fused-ring (bicyclic) bond motifs is 12. The maximum atomic E-state index is 2.46. The lowest BCUT2D eigenvalue weighted by atomic mass is 9.98. The van der Waals surface area contributed by atoms with Crippen LogP contribution in [0.4, 0.5) is 0 Å². The van der Waals surface area contributed by atoms with Gasteiger partial charge in [0.15, 0.2) is 0 Å². The van der Waals surface area contributed by atoms with Crippen LogP contribution in [0.2, 0.25) is 0 Å². The summed E-state index contributed by atoms with van der Waals surface area (Å²) in [7, 11) is 0. The zero-order chi connectivity index (χ0) is 43.6. The Bertz CT molecular complexity index is 4320. The number of para-hydroxylation sites is 2. The van der Waals surface area contributed by atoms with Crippen molar-refractivity contribution < 1.29 is 0 Å². The first-order valence-corrected chi connectivity index (χ1v) is 24.3. The van der Waals surface area contributed by atoms with Crippen LogP contribution in [0.5, 0.6) is 0 Å². The number of aromatic nitrogens is 2. The van der Waals surface area contributed by atoms with Crippen LogP contribution < -0.4 is 0 Å². The summed E-state index contributed by atoms with van der Waals surface area (Å²) < 4.78 is 10.1. The highest BCUT2D eigenvalue weighted by atomic mass is 32.1. The molecule has 0 saturated heterocycles. The Morgan fingerprint density at radius 2 is 0.758 bits per heavy atom. The number of thiophene rings is 2. The van der Waals surface area contributed by atoms with Gasteiger partial charge in [0.05, 0.1) is 22.1 Å². The Labute approximate surface area is 389 Å². The molecule has 0 aliphatic rings. The summed E-state index contributed by atoms with van der Waals surface area (Å²) in [5.41, 5.74) is 17.4. The van der Waals surface area contributed by atoms with Crippen molar-refractivity contribution in [3.05, 3.63) is 217 Å². The Morgan fingerprint density at radius 1 is 0.288 bits per heavy atom. The molecule has 0 N–H and O–H groups in total. The molecular formula is C62H40N2S2. The van der Waals surface area contributed by atoms with Crippen LogP contribution in [0.3, 0.4) is 0 Å². The Morgan fingerprint density at radius 3 is 1.38 bits per heavy atom. The minimum atomic E-state index is 1.18. The molecule has 310 valence electrons. The van der Waals surface area contributed by atoms with Gasteiger partial charge in [-0.25, -0.2) is 0 Å². The molecule has 0 aliphatic carbocycles. The first kappa shape index (κ1) is 37.6. The second-order valence-corrected chi connectivity index (χ2v) is 19.9. The minimum Gasteiger partial charge on any atom is -0.309 e. The highest BCUT2D eigenvalue weighted by Crippen LogP contribution is 2.45. The zero-order valence-corrected chi connectivity index (χ0v) is 38.0. The Kier molecular flexibility index (Phi) is 8.19. The summed E-state index contributed by atoms with van der Waals surface area (Å²) in [4.78, 5) is 0. The summed E-state index contributed by atoms with van der Waals surface area (Å²) in [6.45, 7) is 4.40. The van der Waals surface area contributed by atoms with E-state index in [1.165, 1.54) is 140 Å². The molecule has 0 fully saturated rings. The molecule has 0 radical (unpaired) electrons. The fraction of sp³-hybridized carbons (Fsp3) is 0.0323. The van der Waals surface area contributed by atoms with E-state index in [1.807, 2.05) is 22.7 Å². The fourth-order valence-electron chi connectivity index (χ4n) is 10.9. The standard InChI is InChI=1S/C62H40N2S2/c1-37-12-3-5-14-44(37)40-22-27-49-47-16-7-9-19-54(47)63(56(49)33-40)42-25-29-51-53-32-39(24-31-58(53)65-60(51)35-42)46-18-11-21-59-62(46)52-30-26-43(36-61(52)66-59)64-55-20-10-8-17-48(55)50-28-23-41(34-57(50)64)45-15-6-4-13-38(45)2/h3-36H,1-2H3. The minimum absolute atomic E-state index is 1.18. The van der Waals surface area contributed by atoms with Gasteiger partial charge in [0.2, 0.25) is 0 Å². The predicted molar refractivity (Wildman–Crippen MR) is 287 cm³/mol. The molecule has 0 aliphatic heterocycles. The van der Waals surface area contributed by atoms with E-state index in [-0.39, 0.29) is 0 Å². The van der Waals surface area contributed by atoms with Gasteiger partial charge in [-0.15, -0.1) is 22.7 Å². The van der Waals surface area contributed by atoms with Crippen LogP contribution in [0.25, 0.3) is 129 Å². The number of hydrogen-bond acceptors (Lipinski definition) is 2. The average molecular weight is 877 g/mol. The Balaban J connectivity index is 0.884. The van der Waals surface area contributed by atoms with Crippen molar-refractivity contribution in [2.45, 2.75) is 13.8 Å². The van der Waals surface area contributed by atoms with Crippen LogP contribution >= 0.6 is 22.7 Å². The summed E-state index contributed by atoms with van der Waals surface area (Å²) in [5, 5.41) is 10.3. The second-order valence-electron chi connectivity index (χ2n) is 17.8. The molecule has 4 heterocycles. The van der Waals surface area contributed by atoms with Gasteiger partial charge in [-0.3, -0.25) is 0 Å². The van der Waals surface area contributed by atoms with E-state index in [9.17, 15) is 0 Å². The molecule has 10 aromatic carbocycles. The number of hydrogen-bond donors (Lipinski definition) is 0. The molecule has 4 aromatic heterocycles. The number of nitrogens with zero attached hydrogens (tertiary/aromatic N) is 2. The zero-order valence-electron chi connectivity index (χ0n) is 36.3. The van der Waals surface area contributed by atoms with Gasteiger partial charge in [0, 0.05) is 73.3 Å². The molecule has 0 amide bonds. The van der Waals surface area contributed by atoms with Gasteiger partial charge in [-0.1, -0.05) is 140 Å². The van der Waals surface area contributed by atoms with E-state index in [2.05, 4.69) is 229 Å². The summed E-state index contributed by atoms with van der Waals surface area (Å²) in [6.07, 6.45) is 0. The summed E-state index contributed by atoms with van der Waals surface area (Å²) >= 11 is 3.78. The van der Waals surface area contributed by atoms with Crippen molar-refractivity contribution in [3.63, 3.8) is 0 Å². The normalized spacial score (nSPS) is 12.1. The monoisotopic (exact) mass is 876 g/mol. The van der Waals surface area contributed by atoms with Crippen molar-refractivity contribution in [3.8, 4) is 44.8 Å². The molecule has 14 rings (SSSR count). The van der Waals surface area contributed by atoms with Crippen molar-refractivity contribution in [2.75, 3.05) is 0 Å². The third-order valence-electron chi connectivity index (χ3n) is 14.0. The quantitative estimate of drug-likeness (QED) is 0.163. The van der Waals surface area contributed by atoms with Crippen LogP contribution in [0, 0.1) is 13.8 Å². The predicted octanol–water partition coefficient (Wildman–Crippen LogP) is 18.2. The SMILES string of the molecule is Cc1ccccc1-c1ccc2c3ccccc3n(-c3ccc4c(c3)sc3ccc(-c5cccc6sc7cc(-n8c9ccccc9c9ccc(-c%10ccccc%10C)cc98)ccc7c56)cc34)c2c1. The molecular weight excluding hydrogens is 837 g/mol. The van der Waals surface area contributed by atoms with Crippen molar-refractivity contribution in [1.82, 2.24) is 9.13 Å². The lowest BCUT2D eigenvalue weighted by Gasteiger charge is -2.11. The molecule has 2 nitrogen and oxygen atoms in total. The van der Waals surface area contributed by atoms with E-state index < -0.39 is 0 Å². The average Bonchev–Trinajstić information content (AvgIpc) is 4.10. The van der Waals surface area contributed by atoms with E-state index >= 15 is 0 Å². The van der Waals surface area contributed by atoms with Gasteiger partial charge in [-0.2, -0.15) is 0 Å². The van der Waals surface area contributed by atoms with Crippen molar-refractivity contribution in [1.29, 1.82) is 0 Å². The molecule has 14 aromatic rings. The number of benzene rings is 10. The molecule has 0 unspecified atom stereocenters. The van der Waals surface area contributed by atoms with Crippen LogP contribution in [0.1, 0.15) is 11.1 Å². The number of rotatable bonds is 5. The van der Waals surface area contributed by atoms with E-state index in [0.717, 1.165) is 0 Å². The maximum Gasteiger partial charge on any atom is 0.0547 e. The summed E-state index contributed by atoms with van der Waals surface area (Å²) in [5.74, 6) is 0. The van der Waals surface area contributed by atoms with Gasteiger partial charge >= 0.3 is 0 Å². The molecule has 4 heteroatoms. The molecule has 66 heavy (non-hydrogen) atoms. The van der Waals surface area contributed by atoms with E-state index in [0.29, 0.717) is 0 Å². The van der Waals surface area contributed by atoms with Crippen LogP contribution in [-0.2, 0) is 0 Å². The van der Waals surface area contributed by atoms with Gasteiger partial charge in [0.1, 0.15) is 0 Å². The van der Waals surface area contributed by atoms with Crippen LogP contribution in [0.15, 0.2) is 206 Å². The third-order valence-corrected chi connectivity index (χ3v) is 16.3. The molecule has 0 bridgehead atoms. The second kappa shape index (κ2) is 14.4. The number of aryl methyl sites for hydroxylation is 2. The smallest absolute Gasteiger partial charge is 0.0547 e. The van der Waals surface area contributed by atoms with Gasteiger partial charge in [-0.05, 0) is 125 Å². The van der Waals surface area contributed by atoms with E-state index in [1.54, 1.807) is 0 Å². The first-order chi connectivity index (χ1) is 32.5. The van der Waals surface area contributed by atoms with E-state index in [4.69, 9.17) is 0 Å². The Hall–Kier alpha value is -7.76. The topological polar surface area (TPSA) is 9.86 Å². The maximum absolute atomic E-state index is 2.46. The lowest BCUT2D eigenvalue weighted by molar-refractivity contribution is 1.19. The first-order valence-electron chi connectivity index (χ1n) is 22.7. The van der Waals surface area contributed by atoms with Crippen molar-refractivity contribution in [2.24, 2.45) is 0 Å². The largest absolute Gasteiger partial charge is 0.309 e. The molecule has 0 spiro atoms. The highest BCUT2D eigenvalue weighted by Gasteiger charge is 2.19. The third kappa shape index (κ3) is 5.59. The van der Waals surface area contributed by atoms with Crippen molar-refractivity contribution >= 4 is 107 Å².